The van der Waals surface area contributed by atoms with Gasteiger partial charge in [0, 0.05) is 31.7 Å². The minimum absolute atomic E-state index is 0.298. The van der Waals surface area contributed by atoms with Crippen LogP contribution >= 0.6 is 11.8 Å². The monoisotopic (exact) mass is 283 g/mol. The predicted octanol–water partition coefficient (Wildman–Crippen LogP) is 2.13. The number of hydrogen-bond acceptors (Lipinski definition) is 4. The summed E-state index contributed by atoms with van der Waals surface area (Å²) in [6.07, 6.45) is -0.298. The summed E-state index contributed by atoms with van der Waals surface area (Å²) in [5.74, 6) is 1.71. The van der Waals surface area contributed by atoms with Crippen molar-refractivity contribution in [2.75, 3.05) is 32.6 Å². The van der Waals surface area contributed by atoms with Crippen LogP contribution in [-0.2, 0) is 10.5 Å². The molecule has 3 nitrogen and oxygen atoms in total. The van der Waals surface area contributed by atoms with Crippen LogP contribution in [0.1, 0.15) is 16.7 Å². The van der Waals surface area contributed by atoms with Gasteiger partial charge in [-0.2, -0.15) is 11.8 Å². The van der Waals surface area contributed by atoms with Crippen LogP contribution in [-0.4, -0.2) is 43.8 Å². The second-order valence-corrected chi connectivity index (χ2v) is 5.89. The highest BCUT2D eigenvalue weighted by molar-refractivity contribution is 7.98. The zero-order chi connectivity index (χ0) is 14.1. The molecule has 0 saturated heterocycles. The SMILES string of the molecule is COCCNCC(O)CSCc1cc(C)cc(C)c1. The Kier molecular flexibility index (Phi) is 8.14. The van der Waals surface area contributed by atoms with Gasteiger partial charge in [-0.3, -0.25) is 0 Å². The molecule has 2 N–H and O–H groups in total. The Labute approximate surface area is 120 Å². The number of methoxy groups -OCH3 is 1. The molecule has 0 aromatic heterocycles. The molecule has 1 unspecified atom stereocenters. The topological polar surface area (TPSA) is 41.5 Å². The fraction of sp³-hybridized carbons (Fsp3) is 0.600. The van der Waals surface area contributed by atoms with Gasteiger partial charge >= 0.3 is 0 Å². The summed E-state index contributed by atoms with van der Waals surface area (Å²) in [4.78, 5) is 0. The van der Waals surface area contributed by atoms with E-state index in [4.69, 9.17) is 4.74 Å². The molecule has 0 bridgehead atoms. The molecule has 0 radical (unpaired) electrons. The van der Waals surface area contributed by atoms with E-state index in [1.807, 2.05) is 0 Å². The molecule has 0 spiro atoms. The Bertz CT molecular complexity index is 351. The highest BCUT2D eigenvalue weighted by Gasteiger charge is 2.04. The summed E-state index contributed by atoms with van der Waals surface area (Å²) < 4.78 is 4.94. The van der Waals surface area contributed by atoms with Gasteiger partial charge in [0.1, 0.15) is 0 Å². The Balaban J connectivity index is 2.18. The van der Waals surface area contributed by atoms with Crippen LogP contribution in [0.5, 0.6) is 0 Å². The van der Waals surface area contributed by atoms with Gasteiger partial charge in [-0.05, 0) is 19.4 Å². The number of aliphatic hydroxyl groups is 1. The van der Waals surface area contributed by atoms with Crippen LogP contribution in [0, 0.1) is 13.8 Å². The Morgan fingerprint density at radius 2 is 1.95 bits per heavy atom. The molecule has 0 aliphatic carbocycles. The number of benzene rings is 1. The minimum atomic E-state index is -0.298. The maximum Gasteiger partial charge on any atom is 0.0754 e. The molecule has 108 valence electrons. The number of aryl methyl sites for hydroxylation is 2. The molecule has 4 heteroatoms. The van der Waals surface area contributed by atoms with Crippen molar-refractivity contribution in [2.24, 2.45) is 0 Å². The van der Waals surface area contributed by atoms with E-state index in [-0.39, 0.29) is 6.10 Å². The zero-order valence-electron chi connectivity index (χ0n) is 12.1. The maximum absolute atomic E-state index is 9.81. The zero-order valence-corrected chi connectivity index (χ0v) is 12.9. The van der Waals surface area contributed by atoms with Crippen LogP contribution in [0.25, 0.3) is 0 Å². The maximum atomic E-state index is 9.81. The van der Waals surface area contributed by atoms with Crippen LogP contribution in [0.15, 0.2) is 18.2 Å². The third-order valence-electron chi connectivity index (χ3n) is 2.72. The van der Waals surface area contributed by atoms with Crippen molar-refractivity contribution >= 4 is 11.8 Å². The van der Waals surface area contributed by atoms with Crippen molar-refractivity contribution < 1.29 is 9.84 Å². The summed E-state index contributed by atoms with van der Waals surface area (Å²) >= 11 is 1.77. The number of hydrogen-bond donors (Lipinski definition) is 2. The van der Waals surface area contributed by atoms with Crippen LogP contribution < -0.4 is 5.32 Å². The van der Waals surface area contributed by atoms with E-state index in [0.29, 0.717) is 13.2 Å². The van der Waals surface area contributed by atoms with Crippen molar-refractivity contribution in [3.05, 3.63) is 34.9 Å². The molecule has 19 heavy (non-hydrogen) atoms. The molecule has 1 rings (SSSR count). The van der Waals surface area contributed by atoms with Gasteiger partial charge in [0.2, 0.25) is 0 Å². The second-order valence-electron chi connectivity index (χ2n) is 4.86. The van der Waals surface area contributed by atoms with Gasteiger partial charge in [-0.1, -0.05) is 29.3 Å². The first-order valence-electron chi connectivity index (χ1n) is 6.64. The number of rotatable bonds is 9. The first-order valence-corrected chi connectivity index (χ1v) is 7.80. The summed E-state index contributed by atoms with van der Waals surface area (Å²) in [5, 5.41) is 13.0. The third-order valence-corrected chi connectivity index (χ3v) is 3.88. The molecule has 0 aliphatic rings. The quantitative estimate of drug-likeness (QED) is 0.681. The number of nitrogens with one attached hydrogen (secondary N) is 1. The van der Waals surface area contributed by atoms with E-state index in [9.17, 15) is 5.11 Å². The molecular weight excluding hydrogens is 258 g/mol. The minimum Gasteiger partial charge on any atom is -0.391 e. The average molecular weight is 283 g/mol. The fourth-order valence-electron chi connectivity index (χ4n) is 1.97. The Morgan fingerprint density at radius 1 is 1.26 bits per heavy atom. The molecule has 1 aromatic rings. The summed E-state index contributed by atoms with van der Waals surface area (Å²) in [6.45, 7) is 6.34. The summed E-state index contributed by atoms with van der Waals surface area (Å²) in [5.41, 5.74) is 3.94. The highest BCUT2D eigenvalue weighted by Crippen LogP contribution is 2.16. The average Bonchev–Trinajstić information content (AvgIpc) is 2.33. The lowest BCUT2D eigenvalue weighted by molar-refractivity contribution is 0.175. The number of aliphatic hydroxyl groups excluding tert-OH is 1. The molecule has 0 saturated carbocycles. The molecule has 0 heterocycles. The standard InChI is InChI=1S/C15H25NO2S/c1-12-6-13(2)8-14(7-12)10-19-11-15(17)9-16-4-5-18-3/h6-8,15-17H,4-5,9-11H2,1-3H3. The largest absolute Gasteiger partial charge is 0.391 e. The lowest BCUT2D eigenvalue weighted by Crippen LogP contribution is -2.30. The van der Waals surface area contributed by atoms with Gasteiger partial charge in [0.15, 0.2) is 0 Å². The van der Waals surface area contributed by atoms with Crippen molar-refractivity contribution in [1.82, 2.24) is 5.32 Å². The van der Waals surface area contributed by atoms with Crippen molar-refractivity contribution in [1.29, 1.82) is 0 Å². The molecule has 0 fully saturated rings. The fourth-order valence-corrected chi connectivity index (χ4v) is 2.88. The predicted molar refractivity (Wildman–Crippen MR) is 82.8 cm³/mol. The van der Waals surface area contributed by atoms with Crippen molar-refractivity contribution in [3.8, 4) is 0 Å². The highest BCUT2D eigenvalue weighted by atomic mass is 32.2. The van der Waals surface area contributed by atoms with E-state index in [2.05, 4.69) is 37.4 Å². The van der Waals surface area contributed by atoms with Crippen LogP contribution in [0.3, 0.4) is 0 Å². The van der Waals surface area contributed by atoms with E-state index < -0.39 is 0 Å². The number of ether oxygens (including phenoxy) is 1. The van der Waals surface area contributed by atoms with E-state index in [0.717, 1.165) is 18.1 Å². The van der Waals surface area contributed by atoms with E-state index in [1.54, 1.807) is 18.9 Å². The van der Waals surface area contributed by atoms with Gasteiger partial charge in [-0.25, -0.2) is 0 Å². The summed E-state index contributed by atoms with van der Waals surface area (Å²) in [7, 11) is 1.68. The van der Waals surface area contributed by atoms with Crippen LogP contribution in [0.2, 0.25) is 0 Å². The lowest BCUT2D eigenvalue weighted by atomic mass is 10.1. The Morgan fingerprint density at radius 3 is 2.58 bits per heavy atom. The first kappa shape index (κ1) is 16.5. The Hall–Kier alpha value is -0.550. The van der Waals surface area contributed by atoms with E-state index >= 15 is 0 Å². The molecule has 1 atom stereocenters. The first-order chi connectivity index (χ1) is 9.11. The van der Waals surface area contributed by atoms with Crippen molar-refractivity contribution in [3.63, 3.8) is 0 Å². The lowest BCUT2D eigenvalue weighted by Gasteiger charge is -2.11. The van der Waals surface area contributed by atoms with Gasteiger partial charge in [0.05, 0.1) is 12.7 Å². The molecule has 0 aliphatic heterocycles. The normalized spacial score (nSPS) is 12.6. The molecular formula is C15H25NO2S. The smallest absolute Gasteiger partial charge is 0.0754 e. The third kappa shape index (κ3) is 7.57. The molecule has 1 aromatic carbocycles. The number of thioether (sulfide) groups is 1. The van der Waals surface area contributed by atoms with E-state index in [1.165, 1.54) is 16.7 Å². The van der Waals surface area contributed by atoms with Gasteiger partial charge < -0.3 is 15.2 Å². The second kappa shape index (κ2) is 9.37. The van der Waals surface area contributed by atoms with Gasteiger partial charge in [0.25, 0.3) is 0 Å². The van der Waals surface area contributed by atoms with Crippen molar-refractivity contribution in [2.45, 2.75) is 25.7 Å². The van der Waals surface area contributed by atoms with Crippen LogP contribution in [0.4, 0.5) is 0 Å². The molecule has 0 amide bonds. The summed E-state index contributed by atoms with van der Waals surface area (Å²) in [6, 6.07) is 6.61. The van der Waals surface area contributed by atoms with Gasteiger partial charge in [-0.15, -0.1) is 0 Å².